The molecule has 116 valence electrons. The molecule has 1 aromatic heterocycles. The Morgan fingerprint density at radius 3 is 2.67 bits per heavy atom. The molecule has 6 heteroatoms. The molecule has 1 aliphatic rings. The number of aryl methyl sites for hydroxylation is 1. The largest absolute Gasteiger partial charge is 0.465 e. The van der Waals surface area contributed by atoms with Crippen LogP contribution in [0.4, 0.5) is 5.00 Å². The van der Waals surface area contributed by atoms with Gasteiger partial charge in [0.15, 0.2) is 0 Å². The molecular weight excluding hydrogens is 288 g/mol. The van der Waals surface area contributed by atoms with Crippen molar-refractivity contribution in [1.82, 2.24) is 5.32 Å². The maximum atomic E-state index is 12.4. The van der Waals surface area contributed by atoms with Gasteiger partial charge in [0.25, 0.3) is 0 Å². The third-order valence-corrected chi connectivity index (χ3v) is 4.93. The zero-order chi connectivity index (χ0) is 15.6. The van der Waals surface area contributed by atoms with Crippen molar-refractivity contribution in [2.75, 3.05) is 19.0 Å². The SMILES string of the molecule is CCNC(C)(C)C(=O)Nc1sc2c(c1C(=O)OC)CCC2. The Morgan fingerprint density at radius 2 is 2.05 bits per heavy atom. The minimum absolute atomic E-state index is 0.144. The summed E-state index contributed by atoms with van der Waals surface area (Å²) < 4.78 is 4.88. The van der Waals surface area contributed by atoms with Gasteiger partial charge < -0.3 is 15.4 Å². The highest BCUT2D eigenvalue weighted by molar-refractivity contribution is 7.17. The van der Waals surface area contributed by atoms with Crippen LogP contribution in [0.3, 0.4) is 0 Å². The molecule has 2 rings (SSSR count). The molecule has 0 aromatic carbocycles. The highest BCUT2D eigenvalue weighted by atomic mass is 32.1. The predicted molar refractivity (Wildman–Crippen MR) is 84.1 cm³/mol. The van der Waals surface area contributed by atoms with E-state index in [0.29, 0.717) is 17.1 Å². The van der Waals surface area contributed by atoms with Crippen molar-refractivity contribution in [1.29, 1.82) is 0 Å². The van der Waals surface area contributed by atoms with Crippen LogP contribution in [0.25, 0.3) is 0 Å². The van der Waals surface area contributed by atoms with Gasteiger partial charge in [0.1, 0.15) is 5.00 Å². The van der Waals surface area contributed by atoms with Crippen LogP contribution in [-0.2, 0) is 22.4 Å². The quantitative estimate of drug-likeness (QED) is 0.819. The van der Waals surface area contributed by atoms with E-state index in [9.17, 15) is 9.59 Å². The van der Waals surface area contributed by atoms with Crippen LogP contribution >= 0.6 is 11.3 Å². The average Bonchev–Trinajstić information content (AvgIpc) is 2.98. The number of hydrogen-bond acceptors (Lipinski definition) is 5. The van der Waals surface area contributed by atoms with Gasteiger partial charge in [-0.15, -0.1) is 11.3 Å². The second-order valence-electron chi connectivity index (χ2n) is 5.66. The molecule has 0 fully saturated rings. The Morgan fingerprint density at radius 1 is 1.33 bits per heavy atom. The molecule has 1 aliphatic carbocycles. The summed E-state index contributed by atoms with van der Waals surface area (Å²) in [5, 5.41) is 6.64. The predicted octanol–water partition coefficient (Wildman–Crippen LogP) is 2.35. The first-order valence-electron chi connectivity index (χ1n) is 7.20. The molecular formula is C15H22N2O3S. The normalized spacial score (nSPS) is 13.9. The Bertz CT molecular complexity index is 564. The van der Waals surface area contributed by atoms with Gasteiger partial charge in [-0.25, -0.2) is 4.79 Å². The van der Waals surface area contributed by atoms with Gasteiger partial charge in [0.2, 0.25) is 5.91 Å². The van der Waals surface area contributed by atoms with Crippen LogP contribution in [0.5, 0.6) is 0 Å². The lowest BCUT2D eigenvalue weighted by Gasteiger charge is -2.24. The fraction of sp³-hybridized carbons (Fsp3) is 0.600. The summed E-state index contributed by atoms with van der Waals surface area (Å²) >= 11 is 1.49. The minimum atomic E-state index is -0.684. The summed E-state index contributed by atoms with van der Waals surface area (Å²) in [4.78, 5) is 25.6. The second kappa shape index (κ2) is 6.15. The maximum Gasteiger partial charge on any atom is 0.341 e. The Hall–Kier alpha value is -1.40. The molecule has 0 saturated carbocycles. The standard InChI is InChI=1S/C15H22N2O3S/c1-5-16-15(2,3)14(19)17-12-11(13(18)20-4)9-7-6-8-10(9)21-12/h16H,5-8H2,1-4H3,(H,17,19). The van der Waals surface area contributed by atoms with Gasteiger partial charge in [0, 0.05) is 4.88 Å². The number of amides is 1. The second-order valence-corrected chi connectivity index (χ2v) is 6.77. The number of ether oxygens (including phenoxy) is 1. The van der Waals surface area contributed by atoms with Gasteiger partial charge in [-0.2, -0.15) is 0 Å². The van der Waals surface area contributed by atoms with Crippen LogP contribution in [0, 0.1) is 0 Å². The molecule has 0 spiro atoms. The van der Waals surface area contributed by atoms with E-state index >= 15 is 0 Å². The molecule has 1 heterocycles. The van der Waals surface area contributed by atoms with Crippen LogP contribution < -0.4 is 10.6 Å². The number of rotatable bonds is 5. The maximum absolute atomic E-state index is 12.4. The number of methoxy groups -OCH3 is 1. The number of carbonyl (C=O) groups excluding carboxylic acids is 2. The smallest absolute Gasteiger partial charge is 0.341 e. The van der Waals surface area contributed by atoms with Gasteiger partial charge in [-0.3, -0.25) is 4.79 Å². The van der Waals surface area contributed by atoms with E-state index in [-0.39, 0.29) is 11.9 Å². The van der Waals surface area contributed by atoms with E-state index in [1.165, 1.54) is 23.3 Å². The first-order valence-corrected chi connectivity index (χ1v) is 8.01. The van der Waals surface area contributed by atoms with Crippen molar-refractivity contribution in [2.24, 2.45) is 0 Å². The van der Waals surface area contributed by atoms with Crippen LogP contribution in [-0.4, -0.2) is 31.1 Å². The molecule has 0 atom stereocenters. The topological polar surface area (TPSA) is 67.4 Å². The summed E-state index contributed by atoms with van der Waals surface area (Å²) in [6.07, 6.45) is 2.90. The van der Waals surface area contributed by atoms with E-state index in [1.807, 2.05) is 20.8 Å². The third kappa shape index (κ3) is 3.11. The molecule has 0 bridgehead atoms. The van der Waals surface area contributed by atoms with Crippen molar-refractivity contribution < 1.29 is 14.3 Å². The van der Waals surface area contributed by atoms with Crippen LogP contribution in [0.2, 0.25) is 0 Å². The first-order chi connectivity index (χ1) is 9.90. The number of nitrogens with one attached hydrogen (secondary N) is 2. The molecule has 5 nitrogen and oxygen atoms in total. The van der Waals surface area contributed by atoms with Crippen molar-refractivity contribution in [3.8, 4) is 0 Å². The van der Waals surface area contributed by atoms with Crippen molar-refractivity contribution in [2.45, 2.75) is 45.6 Å². The lowest BCUT2D eigenvalue weighted by atomic mass is 10.0. The van der Waals surface area contributed by atoms with Gasteiger partial charge in [-0.05, 0) is 45.2 Å². The zero-order valence-corrected chi connectivity index (χ0v) is 13.8. The number of carbonyl (C=O) groups is 2. The molecule has 0 unspecified atom stereocenters. The van der Waals surface area contributed by atoms with Gasteiger partial charge in [-0.1, -0.05) is 6.92 Å². The highest BCUT2D eigenvalue weighted by Crippen LogP contribution is 2.39. The summed E-state index contributed by atoms with van der Waals surface area (Å²) in [5.41, 5.74) is 0.899. The number of esters is 1. The Kier molecular flexibility index (Phi) is 4.68. The fourth-order valence-corrected chi connectivity index (χ4v) is 3.86. The molecule has 1 aromatic rings. The minimum Gasteiger partial charge on any atom is -0.465 e. The van der Waals surface area contributed by atoms with Gasteiger partial charge in [0.05, 0.1) is 18.2 Å². The van der Waals surface area contributed by atoms with Gasteiger partial charge >= 0.3 is 5.97 Å². The molecule has 0 aliphatic heterocycles. The van der Waals surface area contributed by atoms with Crippen LogP contribution in [0.1, 0.15) is 48.0 Å². The number of fused-ring (bicyclic) bond motifs is 1. The van der Waals surface area contributed by atoms with Crippen molar-refractivity contribution in [3.63, 3.8) is 0 Å². The number of likely N-dealkylation sites (N-methyl/N-ethyl adjacent to an activating group) is 1. The monoisotopic (exact) mass is 310 g/mol. The summed E-state index contributed by atoms with van der Waals surface area (Å²) in [6, 6.07) is 0. The summed E-state index contributed by atoms with van der Waals surface area (Å²) in [5.74, 6) is -0.514. The number of anilines is 1. The van der Waals surface area contributed by atoms with Crippen LogP contribution in [0.15, 0.2) is 0 Å². The van der Waals surface area contributed by atoms with E-state index in [2.05, 4.69) is 10.6 Å². The lowest BCUT2D eigenvalue weighted by Crippen LogP contribution is -2.49. The van der Waals surface area contributed by atoms with E-state index in [1.54, 1.807) is 0 Å². The lowest BCUT2D eigenvalue weighted by molar-refractivity contribution is -0.121. The molecule has 1 amide bonds. The van der Waals surface area contributed by atoms with E-state index < -0.39 is 5.54 Å². The average molecular weight is 310 g/mol. The Labute approximate surface area is 129 Å². The van der Waals surface area contributed by atoms with Crippen molar-refractivity contribution >= 4 is 28.2 Å². The molecule has 0 saturated heterocycles. The van der Waals surface area contributed by atoms with Crippen molar-refractivity contribution in [3.05, 3.63) is 16.0 Å². The highest BCUT2D eigenvalue weighted by Gasteiger charge is 2.31. The zero-order valence-electron chi connectivity index (χ0n) is 13.0. The molecule has 2 N–H and O–H groups in total. The molecule has 0 radical (unpaired) electrons. The number of thiophene rings is 1. The summed E-state index contributed by atoms with van der Waals surface area (Å²) in [6.45, 7) is 6.30. The van der Waals surface area contributed by atoms with E-state index in [4.69, 9.17) is 4.74 Å². The third-order valence-electron chi connectivity index (χ3n) is 3.72. The first kappa shape index (κ1) is 16.0. The summed E-state index contributed by atoms with van der Waals surface area (Å²) in [7, 11) is 1.37. The molecule has 21 heavy (non-hydrogen) atoms. The number of hydrogen-bond donors (Lipinski definition) is 2. The fourth-order valence-electron chi connectivity index (χ4n) is 2.59. The Balaban J connectivity index is 2.29. The van der Waals surface area contributed by atoms with E-state index in [0.717, 1.165) is 24.8 Å².